The van der Waals surface area contributed by atoms with E-state index in [1.807, 2.05) is 23.6 Å². The van der Waals surface area contributed by atoms with E-state index >= 15 is 0 Å². The van der Waals surface area contributed by atoms with Gasteiger partial charge in [0, 0.05) is 22.4 Å². The second kappa shape index (κ2) is 9.91. The van der Waals surface area contributed by atoms with Crippen molar-refractivity contribution >= 4 is 45.7 Å². The molecule has 1 aromatic heterocycles. The summed E-state index contributed by atoms with van der Waals surface area (Å²) >= 11 is 2.83. The number of nitrogens with one attached hydrogen (secondary N) is 2. The molecule has 8 heteroatoms. The zero-order chi connectivity index (χ0) is 19.8. The minimum Gasteiger partial charge on any atom is -0.497 e. The van der Waals surface area contributed by atoms with Gasteiger partial charge in [-0.1, -0.05) is 18.2 Å². The molecule has 28 heavy (non-hydrogen) atoms. The molecular weight excluding hydrogens is 394 g/mol. The highest BCUT2D eigenvalue weighted by molar-refractivity contribution is 7.99. The summed E-state index contributed by atoms with van der Waals surface area (Å²) < 4.78 is 5.09. The third-order valence-corrected chi connectivity index (χ3v) is 5.44. The highest BCUT2D eigenvalue weighted by Crippen LogP contribution is 2.21. The normalized spacial score (nSPS) is 10.3. The molecular formula is C20H19N3O3S2. The highest BCUT2D eigenvalue weighted by Gasteiger charge is 2.09. The van der Waals surface area contributed by atoms with Gasteiger partial charge < -0.3 is 10.1 Å². The van der Waals surface area contributed by atoms with Crippen LogP contribution >= 0.6 is 23.1 Å². The van der Waals surface area contributed by atoms with Crippen molar-refractivity contribution in [3.63, 3.8) is 0 Å². The molecule has 3 rings (SSSR count). The van der Waals surface area contributed by atoms with Crippen molar-refractivity contribution in [2.45, 2.75) is 5.75 Å². The molecule has 0 atom stereocenters. The van der Waals surface area contributed by atoms with Crippen molar-refractivity contribution < 1.29 is 14.3 Å². The maximum Gasteiger partial charge on any atom is 0.257 e. The molecule has 0 aliphatic rings. The molecule has 0 saturated heterocycles. The van der Waals surface area contributed by atoms with Crippen molar-refractivity contribution in [3.05, 3.63) is 71.2 Å². The lowest BCUT2D eigenvalue weighted by Gasteiger charge is -2.06. The average molecular weight is 414 g/mol. The Morgan fingerprint density at radius 3 is 2.54 bits per heavy atom. The molecule has 144 valence electrons. The first-order valence-electron chi connectivity index (χ1n) is 8.46. The lowest BCUT2D eigenvalue weighted by atomic mass is 10.2. The van der Waals surface area contributed by atoms with E-state index in [0.29, 0.717) is 22.2 Å². The second-order valence-electron chi connectivity index (χ2n) is 5.73. The topological polar surface area (TPSA) is 80.3 Å². The molecule has 0 unspecified atom stereocenters. The van der Waals surface area contributed by atoms with Crippen LogP contribution in [0.25, 0.3) is 0 Å². The van der Waals surface area contributed by atoms with Gasteiger partial charge in [0.2, 0.25) is 5.91 Å². The van der Waals surface area contributed by atoms with Crippen LogP contribution in [0.5, 0.6) is 5.75 Å². The van der Waals surface area contributed by atoms with Gasteiger partial charge in [-0.2, -0.15) is 0 Å². The van der Waals surface area contributed by atoms with Gasteiger partial charge in [0.15, 0.2) is 5.13 Å². The SMILES string of the molecule is COc1ccc(NC(=O)CSCc2csc(NC(=O)c3ccccc3)n2)cc1. The largest absolute Gasteiger partial charge is 0.497 e. The van der Waals surface area contributed by atoms with E-state index in [1.54, 1.807) is 43.5 Å². The molecule has 0 aliphatic carbocycles. The quantitative estimate of drug-likeness (QED) is 0.576. The van der Waals surface area contributed by atoms with Crippen LogP contribution in [0.15, 0.2) is 60.0 Å². The fourth-order valence-electron chi connectivity index (χ4n) is 2.31. The molecule has 0 aliphatic heterocycles. The van der Waals surface area contributed by atoms with Crippen LogP contribution in [0.1, 0.15) is 16.1 Å². The summed E-state index contributed by atoms with van der Waals surface area (Å²) in [4.78, 5) is 28.6. The Morgan fingerprint density at radius 1 is 1.07 bits per heavy atom. The van der Waals surface area contributed by atoms with Crippen molar-refractivity contribution in [3.8, 4) is 5.75 Å². The standard InChI is InChI=1S/C20H19N3O3S2/c1-26-17-9-7-15(8-10-17)21-18(24)13-27-11-16-12-28-20(22-16)23-19(25)14-5-3-2-4-6-14/h2-10,12H,11,13H2,1H3,(H,21,24)(H,22,23,25). The number of anilines is 2. The number of carbonyl (C=O) groups excluding carboxylic acids is 2. The van der Waals surface area contributed by atoms with Gasteiger partial charge >= 0.3 is 0 Å². The molecule has 6 nitrogen and oxygen atoms in total. The smallest absolute Gasteiger partial charge is 0.257 e. The first-order chi connectivity index (χ1) is 13.6. The van der Waals surface area contributed by atoms with Crippen LogP contribution in [0.2, 0.25) is 0 Å². The molecule has 0 radical (unpaired) electrons. The van der Waals surface area contributed by atoms with Gasteiger partial charge in [-0.15, -0.1) is 23.1 Å². The van der Waals surface area contributed by atoms with Crippen molar-refractivity contribution in [2.24, 2.45) is 0 Å². The molecule has 1 heterocycles. The van der Waals surface area contributed by atoms with E-state index in [0.717, 1.165) is 17.1 Å². The Balaban J connectivity index is 1.42. The summed E-state index contributed by atoms with van der Waals surface area (Å²) in [6.45, 7) is 0. The van der Waals surface area contributed by atoms with Crippen LogP contribution in [-0.2, 0) is 10.5 Å². The van der Waals surface area contributed by atoms with Crippen LogP contribution in [0.4, 0.5) is 10.8 Å². The summed E-state index contributed by atoms with van der Waals surface area (Å²) in [6, 6.07) is 16.2. The Morgan fingerprint density at radius 2 is 1.82 bits per heavy atom. The minimum absolute atomic E-state index is 0.0806. The Labute approximate surface area is 171 Å². The number of rotatable bonds is 8. The third kappa shape index (κ3) is 5.83. The fraction of sp³-hybridized carbons (Fsp3) is 0.150. The first-order valence-corrected chi connectivity index (χ1v) is 10.5. The number of methoxy groups -OCH3 is 1. The fourth-order valence-corrected chi connectivity index (χ4v) is 3.84. The Kier molecular flexibility index (Phi) is 7.05. The average Bonchev–Trinajstić information content (AvgIpc) is 3.16. The van der Waals surface area contributed by atoms with Gasteiger partial charge in [-0.3, -0.25) is 14.9 Å². The molecule has 2 N–H and O–H groups in total. The van der Waals surface area contributed by atoms with Gasteiger partial charge in [-0.05, 0) is 36.4 Å². The molecule has 0 bridgehead atoms. The van der Waals surface area contributed by atoms with Gasteiger partial charge in [-0.25, -0.2) is 4.98 Å². The maximum absolute atomic E-state index is 12.1. The number of hydrogen-bond acceptors (Lipinski definition) is 6. The number of thioether (sulfide) groups is 1. The number of amides is 2. The molecule has 0 spiro atoms. The van der Waals surface area contributed by atoms with Crippen molar-refractivity contribution in [1.82, 2.24) is 4.98 Å². The van der Waals surface area contributed by atoms with E-state index < -0.39 is 0 Å². The van der Waals surface area contributed by atoms with Gasteiger partial charge in [0.05, 0.1) is 18.6 Å². The molecule has 0 fully saturated rings. The number of ether oxygens (including phenoxy) is 1. The zero-order valence-corrected chi connectivity index (χ0v) is 16.8. The lowest BCUT2D eigenvalue weighted by molar-refractivity contribution is -0.113. The summed E-state index contributed by atoms with van der Waals surface area (Å²) in [6.07, 6.45) is 0. The van der Waals surface area contributed by atoms with Crippen LogP contribution in [0.3, 0.4) is 0 Å². The number of thiazole rings is 1. The third-order valence-electron chi connectivity index (χ3n) is 3.67. The monoisotopic (exact) mass is 413 g/mol. The number of nitrogens with zero attached hydrogens (tertiary/aromatic N) is 1. The Bertz CT molecular complexity index is 927. The molecule has 3 aromatic rings. The summed E-state index contributed by atoms with van der Waals surface area (Å²) in [7, 11) is 1.60. The van der Waals surface area contributed by atoms with Crippen LogP contribution in [0, 0.1) is 0 Å². The minimum atomic E-state index is -0.187. The second-order valence-corrected chi connectivity index (χ2v) is 7.58. The van der Waals surface area contributed by atoms with Crippen molar-refractivity contribution in [1.29, 1.82) is 0 Å². The van der Waals surface area contributed by atoms with E-state index in [1.165, 1.54) is 23.1 Å². The molecule has 2 aromatic carbocycles. The Hall–Kier alpha value is -2.84. The highest BCUT2D eigenvalue weighted by atomic mass is 32.2. The van der Waals surface area contributed by atoms with Crippen LogP contribution in [-0.4, -0.2) is 29.7 Å². The summed E-state index contributed by atoms with van der Waals surface area (Å²) in [5.74, 6) is 1.38. The maximum atomic E-state index is 12.1. The predicted molar refractivity (Wildman–Crippen MR) is 114 cm³/mol. The lowest BCUT2D eigenvalue weighted by Crippen LogP contribution is -2.14. The predicted octanol–water partition coefficient (Wildman–Crippen LogP) is 4.28. The van der Waals surface area contributed by atoms with Crippen LogP contribution < -0.4 is 15.4 Å². The van der Waals surface area contributed by atoms with Gasteiger partial charge in [0.25, 0.3) is 5.91 Å². The number of aromatic nitrogens is 1. The molecule has 0 saturated carbocycles. The number of carbonyl (C=O) groups is 2. The zero-order valence-electron chi connectivity index (χ0n) is 15.2. The van der Waals surface area contributed by atoms with E-state index in [9.17, 15) is 9.59 Å². The number of benzene rings is 2. The van der Waals surface area contributed by atoms with E-state index in [2.05, 4.69) is 15.6 Å². The van der Waals surface area contributed by atoms with Crippen molar-refractivity contribution in [2.75, 3.05) is 23.5 Å². The first kappa shape index (κ1) is 19.9. The summed E-state index contributed by atoms with van der Waals surface area (Å²) in [5.41, 5.74) is 2.14. The summed E-state index contributed by atoms with van der Waals surface area (Å²) in [5, 5.41) is 8.06. The molecule has 2 amide bonds. The van der Waals surface area contributed by atoms with Gasteiger partial charge in [0.1, 0.15) is 5.75 Å². The van der Waals surface area contributed by atoms with E-state index in [4.69, 9.17) is 4.74 Å². The number of hydrogen-bond donors (Lipinski definition) is 2. The van der Waals surface area contributed by atoms with E-state index in [-0.39, 0.29) is 11.8 Å².